The normalized spacial score (nSPS) is 14.8. The largest absolute Gasteiger partial charge is 0.416 e. The molecule has 2 aromatic carbocycles. The topological polar surface area (TPSA) is 61.4 Å². The first-order valence-corrected chi connectivity index (χ1v) is 9.60. The summed E-state index contributed by atoms with van der Waals surface area (Å²) >= 11 is 6.13. The van der Waals surface area contributed by atoms with E-state index >= 15 is 0 Å². The molecule has 0 saturated carbocycles. The van der Waals surface area contributed by atoms with Gasteiger partial charge in [0.05, 0.1) is 5.56 Å². The maximum Gasteiger partial charge on any atom is 0.416 e. The molecule has 0 aliphatic carbocycles. The zero-order chi connectivity index (χ0) is 21.3. The Morgan fingerprint density at radius 1 is 0.933 bits per heavy atom. The van der Waals surface area contributed by atoms with E-state index in [0.29, 0.717) is 42.8 Å². The number of hydrogen-bond donors (Lipinski definition) is 1. The van der Waals surface area contributed by atoms with Gasteiger partial charge in [0, 0.05) is 42.6 Å². The highest BCUT2D eigenvalue weighted by Crippen LogP contribution is 2.30. The van der Waals surface area contributed by atoms with E-state index in [1.54, 1.807) is 4.90 Å². The summed E-state index contributed by atoms with van der Waals surface area (Å²) in [6.07, 6.45) is -4.41. The molecule has 1 aromatic heterocycles. The number of nitrogens with zero attached hydrogens (tertiary/aromatic N) is 4. The summed E-state index contributed by atoms with van der Waals surface area (Å²) in [5, 5.41) is 12.9. The van der Waals surface area contributed by atoms with Crippen LogP contribution >= 0.6 is 11.6 Å². The van der Waals surface area contributed by atoms with Crippen LogP contribution in [0.1, 0.15) is 5.56 Å². The molecule has 3 aromatic rings. The van der Waals surface area contributed by atoms with Crippen LogP contribution in [0.3, 0.4) is 0 Å². The number of amides is 2. The van der Waals surface area contributed by atoms with Gasteiger partial charge in [-0.05, 0) is 24.3 Å². The lowest BCUT2D eigenvalue weighted by molar-refractivity contribution is -0.137. The van der Waals surface area contributed by atoms with Gasteiger partial charge in [-0.2, -0.15) is 13.2 Å². The molecule has 0 bridgehead atoms. The fourth-order valence-corrected chi connectivity index (χ4v) is 3.56. The first-order chi connectivity index (χ1) is 14.3. The van der Waals surface area contributed by atoms with Crippen molar-refractivity contribution in [3.63, 3.8) is 0 Å². The molecule has 10 heteroatoms. The van der Waals surface area contributed by atoms with Crippen LogP contribution in [0.2, 0.25) is 5.15 Å². The van der Waals surface area contributed by atoms with Crippen LogP contribution < -0.4 is 10.2 Å². The molecular formula is C20H17ClF3N5O. The van der Waals surface area contributed by atoms with Crippen LogP contribution in [0.5, 0.6) is 0 Å². The van der Waals surface area contributed by atoms with Gasteiger partial charge in [-0.25, -0.2) is 4.79 Å². The standard InChI is InChI=1S/C20H17ClF3N5O/c21-17-15-3-1-2-4-16(15)18(27-26-17)28-9-11-29(12-10-28)19(30)25-14-7-5-13(6-8-14)20(22,23)24/h1-8H,9-12H2,(H,25,30). The van der Waals surface area contributed by atoms with Crippen LogP contribution in [-0.2, 0) is 6.18 Å². The second kappa shape index (κ2) is 7.98. The molecule has 4 rings (SSSR count). The van der Waals surface area contributed by atoms with Gasteiger partial charge in [0.2, 0.25) is 0 Å². The fourth-order valence-electron chi connectivity index (χ4n) is 3.36. The second-order valence-electron chi connectivity index (χ2n) is 6.84. The number of piperazine rings is 1. The number of hydrogen-bond acceptors (Lipinski definition) is 4. The summed E-state index contributed by atoms with van der Waals surface area (Å²) in [6.45, 7) is 1.96. The number of carbonyl (C=O) groups is 1. The van der Waals surface area contributed by atoms with Gasteiger partial charge in [0.1, 0.15) is 0 Å². The van der Waals surface area contributed by atoms with Gasteiger partial charge >= 0.3 is 12.2 Å². The third-order valence-corrected chi connectivity index (χ3v) is 5.23. The van der Waals surface area contributed by atoms with Crippen molar-refractivity contribution in [2.75, 3.05) is 36.4 Å². The first kappa shape index (κ1) is 20.2. The molecule has 0 atom stereocenters. The van der Waals surface area contributed by atoms with Crippen LogP contribution in [0.15, 0.2) is 48.5 Å². The van der Waals surface area contributed by atoms with E-state index in [0.717, 1.165) is 22.9 Å². The van der Waals surface area contributed by atoms with Crippen molar-refractivity contribution < 1.29 is 18.0 Å². The summed E-state index contributed by atoms with van der Waals surface area (Å²) < 4.78 is 38.0. The molecule has 0 radical (unpaired) electrons. The molecule has 1 saturated heterocycles. The number of anilines is 2. The Balaban J connectivity index is 1.40. The van der Waals surface area contributed by atoms with E-state index in [1.165, 1.54) is 12.1 Å². The molecule has 0 unspecified atom stereocenters. The number of aromatic nitrogens is 2. The number of fused-ring (bicyclic) bond motifs is 1. The predicted octanol–water partition coefficient (Wildman–Crippen LogP) is 4.66. The maximum absolute atomic E-state index is 12.7. The number of benzene rings is 2. The van der Waals surface area contributed by atoms with Gasteiger partial charge in [-0.3, -0.25) is 0 Å². The highest BCUT2D eigenvalue weighted by Gasteiger charge is 2.30. The molecule has 2 heterocycles. The third-order valence-electron chi connectivity index (χ3n) is 4.95. The van der Waals surface area contributed by atoms with E-state index in [1.807, 2.05) is 29.2 Å². The first-order valence-electron chi connectivity index (χ1n) is 9.22. The van der Waals surface area contributed by atoms with Crippen molar-refractivity contribution in [3.05, 3.63) is 59.2 Å². The average molecular weight is 436 g/mol. The summed E-state index contributed by atoms with van der Waals surface area (Å²) in [5.41, 5.74) is -0.449. The van der Waals surface area contributed by atoms with Gasteiger partial charge in [0.25, 0.3) is 0 Å². The van der Waals surface area contributed by atoms with Gasteiger partial charge in [-0.15, -0.1) is 10.2 Å². The summed E-state index contributed by atoms with van der Waals surface area (Å²) in [5.74, 6) is 0.706. The van der Waals surface area contributed by atoms with E-state index in [4.69, 9.17) is 11.6 Å². The van der Waals surface area contributed by atoms with Crippen molar-refractivity contribution in [2.24, 2.45) is 0 Å². The van der Waals surface area contributed by atoms with Gasteiger partial charge in [0.15, 0.2) is 11.0 Å². The molecule has 1 N–H and O–H groups in total. The minimum absolute atomic E-state index is 0.310. The number of urea groups is 1. The van der Waals surface area contributed by atoms with Crippen LogP contribution in [0, 0.1) is 0 Å². The minimum Gasteiger partial charge on any atom is -0.351 e. The number of alkyl halides is 3. The Morgan fingerprint density at radius 2 is 1.57 bits per heavy atom. The van der Waals surface area contributed by atoms with Crippen molar-refractivity contribution in [1.29, 1.82) is 0 Å². The fraction of sp³-hybridized carbons (Fsp3) is 0.250. The van der Waals surface area contributed by atoms with Crippen LogP contribution in [0.4, 0.5) is 29.5 Å². The Hall–Kier alpha value is -3.07. The quantitative estimate of drug-likeness (QED) is 0.636. The maximum atomic E-state index is 12.7. The van der Waals surface area contributed by atoms with Crippen LogP contribution in [-0.4, -0.2) is 47.3 Å². The van der Waals surface area contributed by atoms with Crippen LogP contribution in [0.25, 0.3) is 10.8 Å². The molecule has 1 aliphatic rings. The number of nitrogens with one attached hydrogen (secondary N) is 1. The van der Waals surface area contributed by atoms with Gasteiger partial charge < -0.3 is 15.1 Å². The van der Waals surface area contributed by atoms with Crippen molar-refractivity contribution in [3.8, 4) is 0 Å². The summed E-state index contributed by atoms with van der Waals surface area (Å²) in [6, 6.07) is 11.6. The van der Waals surface area contributed by atoms with Crippen molar-refractivity contribution in [2.45, 2.75) is 6.18 Å². The Bertz CT molecular complexity index is 1070. The lowest BCUT2D eigenvalue weighted by Gasteiger charge is -2.35. The summed E-state index contributed by atoms with van der Waals surface area (Å²) in [7, 11) is 0. The molecule has 1 aliphatic heterocycles. The molecule has 1 fully saturated rings. The monoisotopic (exact) mass is 435 g/mol. The lowest BCUT2D eigenvalue weighted by Crippen LogP contribution is -2.50. The highest BCUT2D eigenvalue weighted by atomic mass is 35.5. The molecular weight excluding hydrogens is 419 g/mol. The molecule has 30 heavy (non-hydrogen) atoms. The zero-order valence-corrected chi connectivity index (χ0v) is 16.4. The predicted molar refractivity (Wildman–Crippen MR) is 109 cm³/mol. The van der Waals surface area contributed by atoms with Crippen molar-refractivity contribution >= 4 is 39.9 Å². The van der Waals surface area contributed by atoms with E-state index < -0.39 is 11.7 Å². The highest BCUT2D eigenvalue weighted by molar-refractivity contribution is 6.34. The van der Waals surface area contributed by atoms with E-state index in [9.17, 15) is 18.0 Å². The van der Waals surface area contributed by atoms with Gasteiger partial charge in [-0.1, -0.05) is 35.9 Å². The Labute approximate surface area is 175 Å². The SMILES string of the molecule is O=C(Nc1ccc(C(F)(F)F)cc1)N1CCN(c2nnc(Cl)c3ccccc23)CC1. The smallest absolute Gasteiger partial charge is 0.351 e. The Kier molecular flexibility index (Phi) is 5.38. The lowest BCUT2D eigenvalue weighted by atomic mass is 10.1. The minimum atomic E-state index is -4.41. The third kappa shape index (κ3) is 4.11. The number of halogens is 4. The second-order valence-corrected chi connectivity index (χ2v) is 7.20. The zero-order valence-electron chi connectivity index (χ0n) is 15.7. The average Bonchev–Trinajstić information content (AvgIpc) is 2.74. The molecule has 6 nitrogen and oxygen atoms in total. The summed E-state index contributed by atoms with van der Waals surface area (Å²) in [4.78, 5) is 16.1. The number of carbonyl (C=O) groups excluding carboxylic acids is 1. The Morgan fingerprint density at radius 3 is 2.20 bits per heavy atom. The van der Waals surface area contributed by atoms with E-state index in [2.05, 4.69) is 15.5 Å². The molecule has 2 amide bonds. The van der Waals surface area contributed by atoms with Crippen molar-refractivity contribution in [1.82, 2.24) is 15.1 Å². The van der Waals surface area contributed by atoms with E-state index in [-0.39, 0.29) is 6.03 Å². The number of rotatable bonds is 2. The molecule has 0 spiro atoms. The molecule has 156 valence electrons.